The van der Waals surface area contributed by atoms with E-state index < -0.39 is 5.92 Å². The monoisotopic (exact) mass is 347 g/mol. The molecule has 5 rings (SSSR count). The van der Waals surface area contributed by atoms with Gasteiger partial charge >= 0.3 is 0 Å². The predicted octanol–water partition coefficient (Wildman–Crippen LogP) is 2.42. The fourth-order valence-electron chi connectivity index (χ4n) is 5.94. The van der Waals surface area contributed by atoms with Crippen LogP contribution in [0.4, 0.5) is 0 Å². The molecule has 1 aromatic carbocycles. The normalized spacial score (nSPS) is 36.0. The lowest BCUT2D eigenvalue weighted by Gasteiger charge is -2.57. The van der Waals surface area contributed by atoms with Crippen LogP contribution in [0, 0.1) is 40.4 Å². The first kappa shape index (κ1) is 15.7. The van der Waals surface area contributed by atoms with Crippen molar-refractivity contribution in [3.8, 4) is 23.6 Å². The maximum absolute atomic E-state index is 9.52. The van der Waals surface area contributed by atoms with E-state index in [-0.39, 0.29) is 17.4 Å². The van der Waals surface area contributed by atoms with Gasteiger partial charge in [0.2, 0.25) is 0 Å². The molecule has 2 aliphatic heterocycles. The van der Waals surface area contributed by atoms with E-state index in [9.17, 15) is 10.5 Å². The van der Waals surface area contributed by atoms with Crippen LogP contribution in [0.2, 0.25) is 0 Å². The number of piperidine rings is 1. The summed E-state index contributed by atoms with van der Waals surface area (Å²) >= 11 is 0. The Balaban J connectivity index is 1.77. The molecule has 0 unspecified atom stereocenters. The minimum absolute atomic E-state index is 0.153. The van der Waals surface area contributed by atoms with Gasteiger partial charge in [0.25, 0.3) is 0 Å². The highest BCUT2D eigenvalue weighted by Crippen LogP contribution is 2.63. The maximum atomic E-state index is 9.52. The van der Waals surface area contributed by atoms with E-state index in [2.05, 4.69) is 42.3 Å². The lowest BCUT2D eigenvalue weighted by Crippen LogP contribution is -2.64. The average molecular weight is 347 g/mol. The Morgan fingerprint density at radius 1 is 1.31 bits per heavy atom. The Labute approximate surface area is 153 Å². The molecule has 1 spiro atoms. The standard InChI is InChI=1S/C21H21N3O2/c1-24-8-7-21-15-5-4-14(13(10-22)11-23)20(21)26-19-17(25-2)6-3-12(18(19)21)9-16(15)24/h3-6,13-16,20H,7-9H2,1-2H3/t14-,15-,16+,20-,21-/m0/s1. The number of ether oxygens (including phenoxy) is 2. The van der Waals surface area contributed by atoms with Crippen LogP contribution in [0.1, 0.15) is 17.5 Å². The van der Waals surface area contributed by atoms with Gasteiger partial charge in [0.1, 0.15) is 12.0 Å². The Kier molecular flexibility index (Phi) is 3.18. The van der Waals surface area contributed by atoms with E-state index in [0.717, 1.165) is 30.9 Å². The molecule has 132 valence electrons. The molecule has 1 aromatic rings. The van der Waals surface area contributed by atoms with Crippen LogP contribution in [0.3, 0.4) is 0 Å². The van der Waals surface area contributed by atoms with Gasteiger partial charge < -0.3 is 14.4 Å². The third-order valence-electron chi connectivity index (χ3n) is 7.08. The Hall–Kier alpha value is -2.50. The molecule has 0 N–H and O–H groups in total. The molecule has 26 heavy (non-hydrogen) atoms. The number of likely N-dealkylation sites (tertiary alicyclic amines) is 1. The van der Waals surface area contributed by atoms with Crippen molar-refractivity contribution >= 4 is 0 Å². The van der Waals surface area contributed by atoms with Crippen molar-refractivity contribution in [1.82, 2.24) is 4.90 Å². The number of hydrogen-bond donors (Lipinski definition) is 0. The second-order valence-corrected chi connectivity index (χ2v) is 7.94. The predicted molar refractivity (Wildman–Crippen MR) is 94.7 cm³/mol. The maximum Gasteiger partial charge on any atom is 0.165 e. The van der Waals surface area contributed by atoms with Crippen molar-refractivity contribution in [1.29, 1.82) is 10.5 Å². The smallest absolute Gasteiger partial charge is 0.165 e. The summed E-state index contributed by atoms with van der Waals surface area (Å²) in [5, 5.41) is 19.0. The first-order chi connectivity index (χ1) is 12.7. The second kappa shape index (κ2) is 5.25. The quantitative estimate of drug-likeness (QED) is 0.769. The zero-order valence-corrected chi connectivity index (χ0v) is 15.0. The summed E-state index contributed by atoms with van der Waals surface area (Å²) in [7, 11) is 3.87. The average Bonchev–Trinajstić information content (AvgIpc) is 3.01. The second-order valence-electron chi connectivity index (χ2n) is 7.94. The molecular formula is C21H21N3O2. The number of likely N-dealkylation sites (N-methyl/N-ethyl adjacent to an activating group) is 1. The summed E-state index contributed by atoms with van der Waals surface area (Å²) in [6.45, 7) is 1.00. The van der Waals surface area contributed by atoms with Crippen LogP contribution >= 0.6 is 0 Å². The summed E-state index contributed by atoms with van der Waals surface area (Å²) in [5.74, 6) is 1.03. The van der Waals surface area contributed by atoms with Crippen molar-refractivity contribution in [2.24, 2.45) is 17.8 Å². The summed E-state index contributed by atoms with van der Waals surface area (Å²) < 4.78 is 12.1. The van der Waals surface area contributed by atoms with Gasteiger partial charge in [0.05, 0.1) is 19.2 Å². The molecule has 0 radical (unpaired) electrons. The Bertz CT molecular complexity index is 882. The van der Waals surface area contributed by atoms with Crippen LogP contribution in [0.25, 0.3) is 0 Å². The molecule has 0 aromatic heterocycles. The largest absolute Gasteiger partial charge is 0.493 e. The lowest BCUT2D eigenvalue weighted by molar-refractivity contribution is -0.0207. The van der Waals surface area contributed by atoms with Crippen molar-refractivity contribution in [2.45, 2.75) is 30.4 Å². The molecule has 0 saturated carbocycles. The molecule has 5 atom stereocenters. The number of benzene rings is 1. The van der Waals surface area contributed by atoms with Gasteiger partial charge in [0.15, 0.2) is 11.5 Å². The highest BCUT2D eigenvalue weighted by atomic mass is 16.5. The van der Waals surface area contributed by atoms with Crippen LogP contribution in [0.15, 0.2) is 24.3 Å². The molecule has 4 aliphatic rings. The molecule has 1 saturated heterocycles. The summed E-state index contributed by atoms with van der Waals surface area (Å²) in [6.07, 6.45) is 6.14. The third kappa shape index (κ3) is 1.67. The van der Waals surface area contributed by atoms with Crippen molar-refractivity contribution < 1.29 is 9.47 Å². The van der Waals surface area contributed by atoms with Crippen LogP contribution in [-0.2, 0) is 11.8 Å². The summed E-state index contributed by atoms with van der Waals surface area (Å²) in [4.78, 5) is 2.45. The van der Waals surface area contributed by atoms with Gasteiger partial charge in [-0.25, -0.2) is 0 Å². The number of rotatable bonds is 2. The van der Waals surface area contributed by atoms with Crippen molar-refractivity contribution in [2.75, 3.05) is 20.7 Å². The first-order valence-electron chi connectivity index (χ1n) is 9.20. The van der Waals surface area contributed by atoms with Gasteiger partial charge in [-0.15, -0.1) is 0 Å². The van der Waals surface area contributed by atoms with Crippen LogP contribution in [0.5, 0.6) is 11.5 Å². The van der Waals surface area contributed by atoms with Crippen LogP contribution < -0.4 is 9.47 Å². The fraction of sp³-hybridized carbons (Fsp3) is 0.524. The molecule has 5 heteroatoms. The van der Waals surface area contributed by atoms with Crippen molar-refractivity contribution in [3.05, 3.63) is 35.4 Å². The molecule has 5 nitrogen and oxygen atoms in total. The summed E-state index contributed by atoms with van der Waals surface area (Å²) in [5.41, 5.74) is 2.45. The highest BCUT2D eigenvalue weighted by molar-refractivity contribution is 5.62. The number of hydrogen-bond acceptors (Lipinski definition) is 5. The highest BCUT2D eigenvalue weighted by Gasteiger charge is 2.65. The van der Waals surface area contributed by atoms with E-state index in [1.807, 2.05) is 6.07 Å². The Morgan fingerprint density at radius 2 is 2.12 bits per heavy atom. The fourth-order valence-corrected chi connectivity index (χ4v) is 5.94. The minimum Gasteiger partial charge on any atom is -0.493 e. The molecular weight excluding hydrogens is 326 g/mol. The van der Waals surface area contributed by atoms with Crippen LogP contribution in [-0.4, -0.2) is 37.7 Å². The Morgan fingerprint density at radius 3 is 2.85 bits per heavy atom. The topological polar surface area (TPSA) is 69.3 Å². The molecule has 0 amide bonds. The van der Waals surface area contributed by atoms with Gasteiger partial charge in [-0.2, -0.15) is 10.5 Å². The summed E-state index contributed by atoms with van der Waals surface area (Å²) in [6, 6.07) is 8.96. The molecule has 2 aliphatic carbocycles. The van der Waals surface area contributed by atoms with Gasteiger partial charge in [-0.1, -0.05) is 18.2 Å². The third-order valence-corrected chi connectivity index (χ3v) is 7.08. The molecule has 1 fully saturated rings. The SMILES string of the molecule is COc1ccc2c3c1O[C@H]1[C@H](C(C#N)C#N)C=C[C@H]4[C@@H](C2)N(C)CC[C@@]341. The van der Waals surface area contributed by atoms with E-state index in [0.29, 0.717) is 12.0 Å². The zero-order valence-electron chi connectivity index (χ0n) is 15.0. The van der Waals surface area contributed by atoms with E-state index >= 15 is 0 Å². The van der Waals surface area contributed by atoms with Gasteiger partial charge in [-0.3, -0.25) is 0 Å². The number of nitrogens with zero attached hydrogens (tertiary/aromatic N) is 3. The van der Waals surface area contributed by atoms with Crippen molar-refractivity contribution in [3.63, 3.8) is 0 Å². The number of nitriles is 2. The zero-order chi connectivity index (χ0) is 18.1. The van der Waals surface area contributed by atoms with E-state index in [1.165, 1.54) is 11.1 Å². The minimum atomic E-state index is -0.699. The first-order valence-corrected chi connectivity index (χ1v) is 9.20. The number of methoxy groups -OCH3 is 1. The van der Waals surface area contributed by atoms with Gasteiger partial charge in [-0.05, 0) is 38.1 Å². The van der Waals surface area contributed by atoms with E-state index in [1.54, 1.807) is 7.11 Å². The van der Waals surface area contributed by atoms with Gasteiger partial charge in [0, 0.05) is 28.9 Å². The lowest BCUT2D eigenvalue weighted by atomic mass is 9.51. The molecule has 2 bridgehead atoms. The molecule has 2 heterocycles. The van der Waals surface area contributed by atoms with E-state index in [4.69, 9.17) is 9.47 Å².